The number of amides is 2. The smallest absolute Gasteiger partial charge is 0.265 e. The molecule has 4 rings (SSSR count). The second-order valence-corrected chi connectivity index (χ2v) is 7.81. The summed E-state index contributed by atoms with van der Waals surface area (Å²) < 4.78 is 0. The van der Waals surface area contributed by atoms with Crippen molar-refractivity contribution in [3.63, 3.8) is 0 Å². The number of piperidine rings is 1. The van der Waals surface area contributed by atoms with Crippen LogP contribution in [0.25, 0.3) is 0 Å². The quantitative estimate of drug-likeness (QED) is 0.743. The lowest BCUT2D eigenvalue weighted by molar-refractivity contribution is -0.118. The first kappa shape index (κ1) is 18.9. The Bertz CT molecular complexity index is 771. The predicted octanol–water partition coefficient (Wildman–Crippen LogP) is 3.75. The number of hydrogen-bond donors (Lipinski definition) is 3. The largest absolute Gasteiger partial charge is 0.326 e. The Hall–Kier alpha value is -1.89. The highest BCUT2D eigenvalue weighted by molar-refractivity contribution is 7.12. The fourth-order valence-corrected chi connectivity index (χ4v) is 4.28. The summed E-state index contributed by atoms with van der Waals surface area (Å²) in [5, 5.41) is 11.1. The first-order valence-corrected chi connectivity index (χ1v) is 9.51. The average Bonchev–Trinajstić information content (AvgIpc) is 3.07. The van der Waals surface area contributed by atoms with Crippen molar-refractivity contribution >= 4 is 46.9 Å². The minimum Gasteiger partial charge on any atom is -0.326 e. The summed E-state index contributed by atoms with van der Waals surface area (Å²) in [6, 6.07) is 10.9. The Morgan fingerprint density at radius 2 is 1.69 bits per heavy atom. The molecule has 2 amide bonds. The van der Waals surface area contributed by atoms with Crippen LogP contribution in [-0.4, -0.2) is 24.9 Å². The second kappa shape index (κ2) is 7.78. The van der Waals surface area contributed by atoms with Gasteiger partial charge in [-0.2, -0.15) is 0 Å². The molecular weight excluding hydrogens is 370 g/mol. The van der Waals surface area contributed by atoms with Gasteiger partial charge in [-0.3, -0.25) is 9.59 Å². The van der Waals surface area contributed by atoms with Crippen LogP contribution in [0, 0.1) is 11.3 Å². The number of halogens is 1. The van der Waals surface area contributed by atoms with Gasteiger partial charge in [-0.15, -0.1) is 23.7 Å². The van der Waals surface area contributed by atoms with E-state index in [2.05, 4.69) is 16.0 Å². The van der Waals surface area contributed by atoms with Crippen molar-refractivity contribution in [1.29, 1.82) is 0 Å². The summed E-state index contributed by atoms with van der Waals surface area (Å²) in [5.74, 6) is 0.155. The molecule has 7 heteroatoms. The van der Waals surface area contributed by atoms with Gasteiger partial charge in [-0.25, -0.2) is 0 Å². The second-order valence-electron chi connectivity index (χ2n) is 6.87. The summed E-state index contributed by atoms with van der Waals surface area (Å²) >= 11 is 1.41. The zero-order chi connectivity index (χ0) is 17.3. The average molecular weight is 392 g/mol. The maximum atomic E-state index is 12.5. The number of rotatable bonds is 4. The number of anilines is 2. The predicted molar refractivity (Wildman–Crippen MR) is 107 cm³/mol. The van der Waals surface area contributed by atoms with E-state index in [9.17, 15) is 9.59 Å². The van der Waals surface area contributed by atoms with Crippen molar-refractivity contribution in [2.45, 2.75) is 19.3 Å². The molecule has 1 spiro atoms. The van der Waals surface area contributed by atoms with E-state index < -0.39 is 0 Å². The van der Waals surface area contributed by atoms with Crippen LogP contribution in [0.2, 0.25) is 0 Å². The van der Waals surface area contributed by atoms with Gasteiger partial charge >= 0.3 is 0 Å². The minimum absolute atomic E-state index is 0. The minimum atomic E-state index is -0.113. The van der Waals surface area contributed by atoms with Gasteiger partial charge < -0.3 is 16.0 Å². The van der Waals surface area contributed by atoms with E-state index >= 15 is 0 Å². The van der Waals surface area contributed by atoms with Crippen molar-refractivity contribution in [2.24, 2.45) is 11.3 Å². The van der Waals surface area contributed by atoms with E-state index in [1.165, 1.54) is 11.3 Å². The summed E-state index contributed by atoms with van der Waals surface area (Å²) in [7, 11) is 0. The van der Waals surface area contributed by atoms with Gasteiger partial charge in [-0.1, -0.05) is 6.07 Å². The maximum absolute atomic E-state index is 12.5. The van der Waals surface area contributed by atoms with Crippen molar-refractivity contribution in [2.75, 3.05) is 23.7 Å². The van der Waals surface area contributed by atoms with E-state index in [1.54, 1.807) is 6.07 Å². The van der Waals surface area contributed by atoms with Crippen molar-refractivity contribution < 1.29 is 9.59 Å². The van der Waals surface area contributed by atoms with E-state index in [1.807, 2.05) is 35.7 Å². The Morgan fingerprint density at radius 1 is 1.04 bits per heavy atom. The number of carbonyl (C=O) groups excluding carboxylic acids is 2. The third-order valence-corrected chi connectivity index (χ3v) is 6.13. The molecule has 1 saturated carbocycles. The van der Waals surface area contributed by atoms with Crippen LogP contribution in [0.15, 0.2) is 41.8 Å². The molecule has 1 saturated heterocycles. The summed E-state index contributed by atoms with van der Waals surface area (Å²) in [6.07, 6.45) is 3.20. The topological polar surface area (TPSA) is 70.2 Å². The molecule has 2 fully saturated rings. The third-order valence-electron chi connectivity index (χ3n) is 5.26. The van der Waals surface area contributed by atoms with Crippen LogP contribution < -0.4 is 16.0 Å². The molecule has 2 heterocycles. The van der Waals surface area contributed by atoms with Crippen molar-refractivity contribution in [3.8, 4) is 0 Å². The number of nitrogens with one attached hydrogen (secondary N) is 3. The molecule has 1 aromatic carbocycles. The molecule has 1 unspecified atom stereocenters. The standard InChI is InChI=1S/C19H21N3O2S.ClH/c23-17(15-12-19(15)7-9-20-10-8-19)21-13-3-5-14(6-4-13)22-18(24)16-2-1-11-25-16;/h1-6,11,15,20H,7-10,12H2,(H,21,23)(H,22,24);1H. The molecule has 1 aliphatic carbocycles. The van der Waals surface area contributed by atoms with E-state index in [-0.39, 0.29) is 35.6 Å². The fourth-order valence-electron chi connectivity index (χ4n) is 3.66. The molecule has 2 aliphatic rings. The molecule has 3 N–H and O–H groups in total. The molecule has 1 atom stereocenters. The lowest BCUT2D eigenvalue weighted by atomic mass is 9.92. The first-order chi connectivity index (χ1) is 12.2. The van der Waals surface area contributed by atoms with Gasteiger partial charge in [0.15, 0.2) is 0 Å². The van der Waals surface area contributed by atoms with Crippen LogP contribution in [0.4, 0.5) is 11.4 Å². The zero-order valence-corrected chi connectivity index (χ0v) is 15.9. The molecule has 1 aliphatic heterocycles. The van der Waals surface area contributed by atoms with E-state index in [4.69, 9.17) is 0 Å². The highest BCUT2D eigenvalue weighted by Gasteiger charge is 2.57. The van der Waals surface area contributed by atoms with Gasteiger partial charge in [0.25, 0.3) is 5.91 Å². The fraction of sp³-hybridized carbons (Fsp3) is 0.368. The number of hydrogen-bond acceptors (Lipinski definition) is 4. The Labute approximate surface area is 163 Å². The summed E-state index contributed by atoms with van der Waals surface area (Å²) in [6.45, 7) is 2.03. The zero-order valence-electron chi connectivity index (χ0n) is 14.3. The van der Waals surface area contributed by atoms with Gasteiger partial charge in [0.05, 0.1) is 4.88 Å². The third kappa shape index (κ3) is 3.92. The van der Waals surface area contributed by atoms with Crippen molar-refractivity contribution in [3.05, 3.63) is 46.7 Å². The first-order valence-electron chi connectivity index (χ1n) is 8.63. The molecule has 0 radical (unpaired) electrons. The maximum Gasteiger partial charge on any atom is 0.265 e. The van der Waals surface area contributed by atoms with Gasteiger partial charge in [0.2, 0.25) is 5.91 Å². The molecule has 2 aromatic rings. The lowest BCUT2D eigenvalue weighted by Gasteiger charge is -2.23. The SMILES string of the molecule is Cl.O=C(Nc1ccc(NC(=O)C2CC23CCNCC3)cc1)c1cccs1. The number of thiophene rings is 1. The Balaban J connectivity index is 0.00000196. The highest BCUT2D eigenvalue weighted by atomic mass is 35.5. The van der Waals surface area contributed by atoms with Gasteiger partial charge in [0.1, 0.15) is 0 Å². The molecule has 1 aromatic heterocycles. The van der Waals surface area contributed by atoms with Crippen LogP contribution in [0.1, 0.15) is 28.9 Å². The van der Waals surface area contributed by atoms with E-state index in [0.717, 1.165) is 43.7 Å². The highest BCUT2D eigenvalue weighted by Crippen LogP contribution is 2.58. The molecule has 5 nitrogen and oxygen atoms in total. The summed E-state index contributed by atoms with van der Waals surface area (Å²) in [5.41, 5.74) is 1.73. The molecule has 0 bridgehead atoms. The molecule has 26 heavy (non-hydrogen) atoms. The van der Waals surface area contributed by atoms with Crippen LogP contribution in [0.5, 0.6) is 0 Å². The van der Waals surface area contributed by atoms with Crippen molar-refractivity contribution in [1.82, 2.24) is 5.32 Å². The molecular formula is C19H22ClN3O2S. The lowest BCUT2D eigenvalue weighted by Crippen LogP contribution is -2.31. The Kier molecular flexibility index (Phi) is 5.65. The van der Waals surface area contributed by atoms with Crippen LogP contribution in [0.3, 0.4) is 0 Å². The van der Waals surface area contributed by atoms with E-state index in [0.29, 0.717) is 4.88 Å². The molecule has 138 valence electrons. The normalized spacial score (nSPS) is 20.1. The number of carbonyl (C=O) groups is 2. The number of benzene rings is 1. The monoisotopic (exact) mass is 391 g/mol. The van der Waals surface area contributed by atoms with Gasteiger partial charge in [0, 0.05) is 17.3 Å². The Morgan fingerprint density at radius 3 is 2.31 bits per heavy atom. The van der Waals surface area contributed by atoms with Crippen LogP contribution >= 0.6 is 23.7 Å². The summed E-state index contributed by atoms with van der Waals surface area (Å²) in [4.78, 5) is 25.2. The van der Waals surface area contributed by atoms with Crippen LogP contribution in [-0.2, 0) is 4.79 Å². The van der Waals surface area contributed by atoms with Gasteiger partial charge in [-0.05, 0) is 73.5 Å².